The fraction of sp³-hybridized carbons (Fsp3) is 0.800. The summed E-state index contributed by atoms with van der Waals surface area (Å²) in [4.78, 5) is 0. The van der Waals surface area contributed by atoms with Gasteiger partial charge in [-0.3, -0.25) is 0 Å². The molecular weight excluding hydrogens is 244 g/mol. The molecule has 0 saturated heterocycles. The minimum atomic E-state index is 1.20. The molecule has 6 heavy (non-hydrogen) atoms. The normalized spacial score (nSPS) is 7.33. The number of hydrogen-bond donors (Lipinski definition) is 0. The Kier molecular flexibility index (Phi) is 5.90. The molecule has 0 aliphatic carbocycles. The zero-order valence-corrected chi connectivity index (χ0v) is 6.96. The van der Waals surface area contributed by atoms with Crippen molar-refractivity contribution in [3.63, 3.8) is 0 Å². The first-order chi connectivity index (χ1) is 2.91. The molecule has 0 atom stereocenters. The summed E-state index contributed by atoms with van der Waals surface area (Å²) in [6.07, 6.45) is 3.83. The van der Waals surface area contributed by atoms with Crippen LogP contribution in [0.3, 0.4) is 0 Å². The van der Waals surface area contributed by atoms with E-state index in [1.807, 2.05) is 0 Å². The van der Waals surface area contributed by atoms with E-state index >= 15 is 0 Å². The van der Waals surface area contributed by atoms with Crippen molar-refractivity contribution in [3.05, 3.63) is 0 Å². The SMILES string of the molecule is CCCC[C]#[W]. The topological polar surface area (TPSA) is 0 Å². The van der Waals surface area contributed by atoms with Gasteiger partial charge in [0.05, 0.1) is 0 Å². The first kappa shape index (κ1) is 6.47. The van der Waals surface area contributed by atoms with Crippen LogP contribution in [0.15, 0.2) is 0 Å². The van der Waals surface area contributed by atoms with Gasteiger partial charge in [0.1, 0.15) is 0 Å². The third-order valence-electron chi connectivity index (χ3n) is 0.632. The summed E-state index contributed by atoms with van der Waals surface area (Å²) in [7, 11) is 0. The van der Waals surface area contributed by atoms with E-state index in [-0.39, 0.29) is 0 Å². The van der Waals surface area contributed by atoms with E-state index in [9.17, 15) is 0 Å². The van der Waals surface area contributed by atoms with Crippen molar-refractivity contribution in [2.45, 2.75) is 26.2 Å². The standard InChI is InChI=1S/C5H9.W/c1-3-5-4-2;/h3-5H2,1H3;. The maximum atomic E-state index is 3.15. The Morgan fingerprint density at radius 3 is 2.50 bits per heavy atom. The van der Waals surface area contributed by atoms with Crippen molar-refractivity contribution in [1.29, 1.82) is 0 Å². The average molecular weight is 253 g/mol. The molecule has 0 aromatic carbocycles. The molecule has 0 nitrogen and oxygen atoms in total. The van der Waals surface area contributed by atoms with Crippen molar-refractivity contribution in [2.75, 3.05) is 0 Å². The molecule has 0 spiro atoms. The van der Waals surface area contributed by atoms with Gasteiger partial charge < -0.3 is 0 Å². The zero-order chi connectivity index (χ0) is 4.83. The molecule has 35 valence electrons. The van der Waals surface area contributed by atoms with Crippen LogP contribution in [0.25, 0.3) is 0 Å². The van der Waals surface area contributed by atoms with E-state index in [1.165, 1.54) is 38.4 Å². The molecule has 0 radical (unpaired) electrons. The molecule has 0 unspecified atom stereocenters. The molecular formula is C5H9W. The van der Waals surface area contributed by atoms with Crippen molar-refractivity contribution in [1.82, 2.24) is 0 Å². The van der Waals surface area contributed by atoms with Gasteiger partial charge in [0.15, 0.2) is 0 Å². The zero-order valence-electron chi connectivity index (χ0n) is 4.03. The van der Waals surface area contributed by atoms with Crippen LogP contribution in [0.2, 0.25) is 0 Å². The third kappa shape index (κ3) is 4.47. The molecule has 0 bridgehead atoms. The van der Waals surface area contributed by atoms with Gasteiger partial charge in [-0.2, -0.15) is 0 Å². The van der Waals surface area contributed by atoms with Gasteiger partial charge in [0.25, 0.3) is 0 Å². The van der Waals surface area contributed by atoms with Gasteiger partial charge in [-0.1, -0.05) is 0 Å². The second-order valence-electron chi connectivity index (χ2n) is 1.25. The van der Waals surface area contributed by atoms with Crippen LogP contribution < -0.4 is 0 Å². The first-order valence-electron chi connectivity index (χ1n) is 2.26. The Labute approximate surface area is 50.0 Å². The van der Waals surface area contributed by atoms with Gasteiger partial charge in [-0.25, -0.2) is 0 Å². The fourth-order valence-electron chi connectivity index (χ4n) is 0.249. The molecule has 0 fully saturated rings. The Balaban J connectivity index is 2.54. The van der Waals surface area contributed by atoms with E-state index in [2.05, 4.69) is 11.1 Å². The summed E-state index contributed by atoms with van der Waals surface area (Å²) in [5, 5.41) is 0. The average Bonchev–Trinajstić information content (AvgIpc) is 1.61. The van der Waals surface area contributed by atoms with Crippen molar-refractivity contribution < 1.29 is 19.2 Å². The van der Waals surface area contributed by atoms with Crippen LogP contribution in [0, 0.1) is 4.20 Å². The number of hydrogen-bond acceptors (Lipinski definition) is 0. The molecule has 0 rings (SSSR count). The summed E-state index contributed by atoms with van der Waals surface area (Å²) in [6.45, 7) is 2.20. The molecule has 1 heteroatoms. The van der Waals surface area contributed by atoms with E-state index in [0.29, 0.717) is 0 Å². The van der Waals surface area contributed by atoms with Gasteiger partial charge in [-0.05, 0) is 0 Å². The minimum absolute atomic E-state index is 1.20. The van der Waals surface area contributed by atoms with Gasteiger partial charge >= 0.3 is 49.5 Å². The van der Waals surface area contributed by atoms with Gasteiger partial charge in [0.2, 0.25) is 0 Å². The fourth-order valence-corrected chi connectivity index (χ4v) is 0.768. The van der Waals surface area contributed by atoms with E-state index in [0.717, 1.165) is 0 Å². The Morgan fingerprint density at radius 2 is 2.33 bits per heavy atom. The van der Waals surface area contributed by atoms with Crippen LogP contribution >= 0.6 is 0 Å². The van der Waals surface area contributed by atoms with E-state index < -0.39 is 0 Å². The summed E-state index contributed by atoms with van der Waals surface area (Å²) < 4.78 is 3.15. The third-order valence-corrected chi connectivity index (χ3v) is 1.37. The van der Waals surface area contributed by atoms with Crippen LogP contribution in [-0.4, -0.2) is 0 Å². The van der Waals surface area contributed by atoms with Crippen LogP contribution in [0.5, 0.6) is 0 Å². The molecule has 0 aliphatic heterocycles. The van der Waals surface area contributed by atoms with E-state index in [4.69, 9.17) is 0 Å². The molecule has 0 aliphatic rings. The van der Waals surface area contributed by atoms with Gasteiger partial charge in [-0.15, -0.1) is 0 Å². The molecule has 0 N–H and O–H groups in total. The Morgan fingerprint density at radius 1 is 1.67 bits per heavy atom. The summed E-state index contributed by atoms with van der Waals surface area (Å²) in [5.41, 5.74) is 0. The summed E-state index contributed by atoms with van der Waals surface area (Å²) in [5.74, 6) is 0. The van der Waals surface area contributed by atoms with Crippen molar-refractivity contribution >= 4 is 0 Å². The predicted octanol–water partition coefficient (Wildman–Crippen LogP) is 1.68. The summed E-state index contributed by atoms with van der Waals surface area (Å²) in [6, 6.07) is 0. The molecule has 0 saturated carbocycles. The molecule has 0 aromatic heterocycles. The Bertz CT molecular complexity index is 51.4. The van der Waals surface area contributed by atoms with E-state index in [1.54, 1.807) is 0 Å². The van der Waals surface area contributed by atoms with Crippen LogP contribution in [0.4, 0.5) is 0 Å². The second kappa shape index (κ2) is 5.47. The van der Waals surface area contributed by atoms with Crippen molar-refractivity contribution in [3.8, 4) is 4.20 Å². The van der Waals surface area contributed by atoms with Crippen LogP contribution in [0.1, 0.15) is 26.2 Å². The maximum absolute atomic E-state index is 3.15. The molecule has 0 amide bonds. The second-order valence-corrected chi connectivity index (χ2v) is 2.29. The van der Waals surface area contributed by atoms with Gasteiger partial charge in [0, 0.05) is 0 Å². The Hall–Kier alpha value is 0.468. The molecule has 0 heterocycles. The number of unbranched alkanes of at least 4 members (excludes halogenated alkanes) is 2. The summed E-state index contributed by atoms with van der Waals surface area (Å²) >= 11 is 1.48. The first-order valence-corrected chi connectivity index (χ1v) is 3.73. The monoisotopic (exact) mass is 253 g/mol. The molecule has 0 aromatic rings. The van der Waals surface area contributed by atoms with Crippen LogP contribution in [-0.2, 0) is 19.2 Å². The number of rotatable bonds is 2. The quantitative estimate of drug-likeness (QED) is 0.657. The van der Waals surface area contributed by atoms with Crippen molar-refractivity contribution in [2.24, 2.45) is 0 Å². The predicted molar refractivity (Wildman–Crippen MR) is 23.4 cm³/mol.